The molecule has 2 heterocycles. The summed E-state index contributed by atoms with van der Waals surface area (Å²) in [5, 5.41) is 23.0. The Morgan fingerprint density at radius 2 is 1.80 bits per heavy atom. The first-order chi connectivity index (χ1) is 14.5. The van der Waals surface area contributed by atoms with Crippen LogP contribution in [0.4, 0.5) is 0 Å². The van der Waals surface area contributed by atoms with Gasteiger partial charge in [0.1, 0.15) is 23.8 Å². The van der Waals surface area contributed by atoms with Crippen LogP contribution in [0.2, 0.25) is 0 Å². The van der Waals surface area contributed by atoms with Crippen molar-refractivity contribution >= 4 is 11.8 Å². The Balaban J connectivity index is 1.45. The Morgan fingerprint density at radius 1 is 1.00 bits per heavy atom. The van der Waals surface area contributed by atoms with E-state index in [9.17, 15) is 19.8 Å². The minimum Gasteiger partial charge on any atom is -0.457 e. The van der Waals surface area contributed by atoms with E-state index in [1.807, 2.05) is 12.1 Å². The molecule has 0 radical (unpaired) electrons. The fraction of sp³-hybridized carbons (Fsp3) is 0.391. The lowest BCUT2D eigenvalue weighted by Gasteiger charge is -2.34. The van der Waals surface area contributed by atoms with Gasteiger partial charge in [-0.15, -0.1) is 0 Å². The van der Waals surface area contributed by atoms with Gasteiger partial charge in [0.05, 0.1) is 11.1 Å². The normalized spacial score (nSPS) is 25.5. The topological polar surface area (TPSA) is 99.1 Å². The quantitative estimate of drug-likeness (QED) is 0.724. The molecule has 0 bridgehead atoms. The van der Waals surface area contributed by atoms with Crippen molar-refractivity contribution in [2.24, 2.45) is 0 Å². The van der Waals surface area contributed by atoms with E-state index in [2.05, 4.69) is 11.4 Å². The molecular formula is C23H24N2O5. The molecule has 2 aromatic rings. The van der Waals surface area contributed by atoms with Crippen molar-refractivity contribution in [2.45, 2.75) is 57.0 Å². The van der Waals surface area contributed by atoms with Gasteiger partial charge in [-0.05, 0) is 73.9 Å². The van der Waals surface area contributed by atoms with E-state index in [1.165, 1.54) is 22.4 Å². The molecule has 0 aromatic heterocycles. The van der Waals surface area contributed by atoms with Gasteiger partial charge < -0.3 is 20.3 Å². The predicted molar refractivity (Wildman–Crippen MR) is 108 cm³/mol. The van der Waals surface area contributed by atoms with E-state index in [0.29, 0.717) is 29.0 Å². The van der Waals surface area contributed by atoms with Gasteiger partial charge in [0.15, 0.2) is 6.23 Å². The zero-order valence-corrected chi connectivity index (χ0v) is 16.5. The van der Waals surface area contributed by atoms with Crippen molar-refractivity contribution in [1.82, 2.24) is 10.2 Å². The van der Waals surface area contributed by atoms with Crippen molar-refractivity contribution < 1.29 is 24.5 Å². The second-order valence-electron chi connectivity index (χ2n) is 8.16. The fourth-order valence-electron chi connectivity index (χ4n) is 4.73. The summed E-state index contributed by atoms with van der Waals surface area (Å²) < 4.78 is 6.11. The smallest absolute Gasteiger partial charge is 0.257 e. The number of hydrogen-bond donors (Lipinski definition) is 3. The molecule has 2 aromatic carbocycles. The summed E-state index contributed by atoms with van der Waals surface area (Å²) in [4.78, 5) is 26.5. The Morgan fingerprint density at radius 3 is 2.60 bits per heavy atom. The molecule has 5 rings (SSSR count). The van der Waals surface area contributed by atoms with Crippen LogP contribution in [-0.4, -0.2) is 39.2 Å². The molecule has 3 N–H and O–H groups in total. The zero-order valence-electron chi connectivity index (χ0n) is 16.5. The molecular weight excluding hydrogens is 384 g/mol. The lowest BCUT2D eigenvalue weighted by Crippen LogP contribution is -2.54. The Labute approximate surface area is 174 Å². The molecule has 156 valence electrons. The summed E-state index contributed by atoms with van der Waals surface area (Å²) in [6, 6.07) is 10.3. The molecule has 1 aliphatic carbocycles. The summed E-state index contributed by atoms with van der Waals surface area (Å²) in [6.07, 6.45) is 2.87. The van der Waals surface area contributed by atoms with Gasteiger partial charge in [-0.1, -0.05) is 12.1 Å². The molecule has 2 aliphatic heterocycles. The van der Waals surface area contributed by atoms with E-state index in [1.54, 1.807) is 18.2 Å². The summed E-state index contributed by atoms with van der Waals surface area (Å²) in [6.45, 7) is 0. The van der Waals surface area contributed by atoms with Gasteiger partial charge in [-0.3, -0.25) is 14.5 Å². The highest BCUT2D eigenvalue weighted by Crippen LogP contribution is 2.42. The highest BCUT2D eigenvalue weighted by atomic mass is 16.5. The number of aliphatic hydroxyl groups is 2. The molecule has 3 unspecified atom stereocenters. The van der Waals surface area contributed by atoms with Gasteiger partial charge in [0.2, 0.25) is 5.91 Å². The minimum absolute atomic E-state index is 0.283. The fourth-order valence-corrected chi connectivity index (χ4v) is 4.73. The third-order valence-corrected chi connectivity index (χ3v) is 6.26. The number of carbonyl (C=O) groups excluding carboxylic acids is 2. The van der Waals surface area contributed by atoms with Gasteiger partial charge in [0.25, 0.3) is 5.91 Å². The number of nitrogens with zero attached hydrogens (tertiary/aromatic N) is 1. The van der Waals surface area contributed by atoms with E-state index in [0.717, 1.165) is 19.3 Å². The first kappa shape index (κ1) is 19.1. The van der Waals surface area contributed by atoms with E-state index in [4.69, 9.17) is 4.74 Å². The van der Waals surface area contributed by atoms with Crippen LogP contribution < -0.4 is 10.1 Å². The summed E-state index contributed by atoms with van der Waals surface area (Å²) in [7, 11) is 0. The maximum absolute atomic E-state index is 13.0. The molecule has 7 heteroatoms. The number of ether oxygens (including phenoxy) is 1. The van der Waals surface area contributed by atoms with Gasteiger partial charge in [-0.25, -0.2) is 0 Å². The second-order valence-corrected chi connectivity index (χ2v) is 8.16. The number of piperidine rings is 1. The van der Waals surface area contributed by atoms with E-state index >= 15 is 0 Å². The molecule has 1 fully saturated rings. The zero-order chi connectivity index (χ0) is 20.8. The van der Waals surface area contributed by atoms with E-state index in [-0.39, 0.29) is 6.42 Å². The monoisotopic (exact) mass is 408 g/mol. The number of benzene rings is 2. The van der Waals surface area contributed by atoms with E-state index < -0.39 is 30.3 Å². The number of hydrogen-bond acceptors (Lipinski definition) is 5. The van der Waals surface area contributed by atoms with Crippen molar-refractivity contribution in [3.63, 3.8) is 0 Å². The first-order valence-electron chi connectivity index (χ1n) is 10.4. The third-order valence-electron chi connectivity index (χ3n) is 6.26. The maximum Gasteiger partial charge on any atom is 0.257 e. The Hall–Kier alpha value is -2.90. The van der Waals surface area contributed by atoms with Crippen LogP contribution in [0.15, 0.2) is 36.4 Å². The summed E-state index contributed by atoms with van der Waals surface area (Å²) in [5.74, 6) is 0.194. The minimum atomic E-state index is -1.28. The number of carbonyl (C=O) groups is 2. The van der Waals surface area contributed by atoms with Crippen LogP contribution in [-0.2, 0) is 17.6 Å². The van der Waals surface area contributed by atoms with Crippen molar-refractivity contribution in [3.8, 4) is 11.5 Å². The molecule has 0 spiro atoms. The third kappa shape index (κ3) is 3.14. The summed E-state index contributed by atoms with van der Waals surface area (Å²) in [5.41, 5.74) is 3.33. The van der Waals surface area contributed by atoms with Gasteiger partial charge in [0, 0.05) is 0 Å². The number of amides is 2. The lowest BCUT2D eigenvalue weighted by molar-refractivity contribution is -0.136. The average molecular weight is 408 g/mol. The lowest BCUT2D eigenvalue weighted by atomic mass is 9.92. The van der Waals surface area contributed by atoms with Crippen LogP contribution in [0.1, 0.15) is 59.0 Å². The predicted octanol–water partition coefficient (Wildman–Crippen LogP) is 2.40. The SMILES string of the molecule is O=C1NC(O)CCC1N1C(=O)c2cccc(Oc3ccc4c(c3)CCCC4)c2C1O. The van der Waals surface area contributed by atoms with Crippen LogP contribution in [0, 0.1) is 0 Å². The summed E-state index contributed by atoms with van der Waals surface area (Å²) >= 11 is 0. The van der Waals surface area contributed by atoms with Gasteiger partial charge >= 0.3 is 0 Å². The first-order valence-corrected chi connectivity index (χ1v) is 10.4. The van der Waals surface area contributed by atoms with Crippen molar-refractivity contribution in [1.29, 1.82) is 0 Å². The van der Waals surface area contributed by atoms with Crippen molar-refractivity contribution in [3.05, 3.63) is 58.7 Å². The largest absolute Gasteiger partial charge is 0.457 e. The van der Waals surface area contributed by atoms with Crippen LogP contribution >= 0.6 is 0 Å². The number of rotatable bonds is 3. The molecule has 3 aliphatic rings. The highest BCUT2D eigenvalue weighted by molar-refractivity contribution is 6.02. The Bertz CT molecular complexity index is 1020. The molecule has 2 amide bonds. The standard InChI is InChI=1S/C23H24N2O5/c26-19-11-10-17(21(27)24-19)25-22(28)16-6-3-7-18(20(16)23(25)29)30-15-9-8-13-4-1-2-5-14(13)12-15/h3,6-9,12,17,19,23,26,29H,1-2,4-5,10-11H2,(H,24,27). The Kier molecular flexibility index (Phi) is 4.72. The number of aryl methyl sites for hydroxylation is 2. The molecule has 0 saturated carbocycles. The van der Waals surface area contributed by atoms with Crippen LogP contribution in [0.3, 0.4) is 0 Å². The highest BCUT2D eigenvalue weighted by Gasteiger charge is 2.45. The number of nitrogens with one attached hydrogen (secondary N) is 1. The van der Waals surface area contributed by atoms with Crippen LogP contribution in [0.25, 0.3) is 0 Å². The molecule has 3 atom stereocenters. The maximum atomic E-state index is 13.0. The molecule has 30 heavy (non-hydrogen) atoms. The van der Waals surface area contributed by atoms with Crippen molar-refractivity contribution in [2.75, 3.05) is 0 Å². The second kappa shape index (κ2) is 7.41. The number of fused-ring (bicyclic) bond motifs is 2. The molecule has 1 saturated heterocycles. The molecule has 7 nitrogen and oxygen atoms in total. The van der Waals surface area contributed by atoms with Gasteiger partial charge in [-0.2, -0.15) is 0 Å². The number of aliphatic hydroxyl groups excluding tert-OH is 2. The average Bonchev–Trinajstić information content (AvgIpc) is 2.99. The van der Waals surface area contributed by atoms with Crippen LogP contribution in [0.5, 0.6) is 11.5 Å².